The number of halogens is 1. The van der Waals surface area contributed by atoms with Crippen LogP contribution in [0.3, 0.4) is 0 Å². The zero-order valence-electron chi connectivity index (χ0n) is 13.2. The molecule has 1 fully saturated rings. The summed E-state index contributed by atoms with van der Waals surface area (Å²) in [4.78, 5) is 16.3. The fourth-order valence-electron chi connectivity index (χ4n) is 3.43. The van der Waals surface area contributed by atoms with E-state index in [0.29, 0.717) is 0 Å². The molecule has 0 aliphatic carbocycles. The monoisotopic (exact) mass is 356 g/mol. The predicted molar refractivity (Wildman–Crippen MR) is 86.0 cm³/mol. The highest BCUT2D eigenvalue weighted by molar-refractivity contribution is 7.93. The van der Waals surface area contributed by atoms with Crippen molar-refractivity contribution >= 4 is 21.4 Å². The Balaban J connectivity index is 2.15. The molecule has 0 unspecified atom stereocenters. The number of benzene rings is 1. The molecule has 24 heavy (non-hydrogen) atoms. The third-order valence-corrected chi connectivity index (χ3v) is 7.29. The Bertz CT molecular complexity index is 864. The van der Waals surface area contributed by atoms with Crippen LogP contribution < -0.4 is 5.73 Å². The molecule has 1 aromatic carbocycles. The van der Waals surface area contributed by atoms with Gasteiger partial charge in [0.1, 0.15) is 17.2 Å². The van der Waals surface area contributed by atoms with E-state index in [4.69, 9.17) is 5.73 Å². The Morgan fingerprint density at radius 3 is 2.54 bits per heavy atom. The first kappa shape index (κ1) is 16.8. The SMILES string of the molecule is CN1CC2(C1)C(N)=N[C@](C)(c1cc([N+](=O)[O-])ccc1F)CS2(=O)=O. The van der Waals surface area contributed by atoms with Crippen LogP contribution >= 0.6 is 0 Å². The summed E-state index contributed by atoms with van der Waals surface area (Å²) in [5, 5.41) is 10.9. The Hall–Kier alpha value is -2.07. The molecule has 3 rings (SSSR count). The molecule has 1 atom stereocenters. The van der Waals surface area contributed by atoms with E-state index in [1.165, 1.54) is 6.92 Å². The minimum Gasteiger partial charge on any atom is -0.386 e. The van der Waals surface area contributed by atoms with Gasteiger partial charge in [0.05, 0.1) is 10.7 Å². The third-order valence-electron chi connectivity index (χ3n) is 4.69. The zero-order chi connectivity index (χ0) is 17.9. The third kappa shape index (κ3) is 2.20. The highest BCUT2D eigenvalue weighted by Crippen LogP contribution is 2.42. The van der Waals surface area contributed by atoms with E-state index in [9.17, 15) is 22.9 Å². The average Bonchev–Trinajstić information content (AvgIpc) is 2.41. The molecule has 2 heterocycles. The minimum atomic E-state index is -3.71. The molecule has 0 bridgehead atoms. The second-order valence-corrected chi connectivity index (χ2v) is 8.92. The van der Waals surface area contributed by atoms with Gasteiger partial charge >= 0.3 is 0 Å². The topological polar surface area (TPSA) is 119 Å². The number of aliphatic imine (C=N–C) groups is 1. The summed E-state index contributed by atoms with van der Waals surface area (Å²) >= 11 is 0. The normalized spacial score (nSPS) is 28.2. The van der Waals surface area contributed by atoms with Crippen molar-refractivity contribution in [2.75, 3.05) is 25.9 Å². The summed E-state index contributed by atoms with van der Waals surface area (Å²) in [6, 6.07) is 2.99. The van der Waals surface area contributed by atoms with Gasteiger partial charge in [0.15, 0.2) is 14.6 Å². The van der Waals surface area contributed by atoms with E-state index in [0.717, 1.165) is 18.2 Å². The second-order valence-electron chi connectivity index (χ2n) is 6.62. The van der Waals surface area contributed by atoms with Gasteiger partial charge in [0.2, 0.25) is 0 Å². The van der Waals surface area contributed by atoms with Crippen LogP contribution in [-0.4, -0.2) is 54.7 Å². The van der Waals surface area contributed by atoms with Gasteiger partial charge in [0.25, 0.3) is 5.69 Å². The van der Waals surface area contributed by atoms with E-state index in [2.05, 4.69) is 4.99 Å². The number of likely N-dealkylation sites (tertiary alicyclic amines) is 1. The molecular weight excluding hydrogens is 339 g/mol. The van der Waals surface area contributed by atoms with Gasteiger partial charge in [-0.2, -0.15) is 0 Å². The summed E-state index contributed by atoms with van der Waals surface area (Å²) in [6.07, 6.45) is 0. The lowest BCUT2D eigenvalue weighted by Gasteiger charge is -2.50. The van der Waals surface area contributed by atoms with Gasteiger partial charge in [0, 0.05) is 30.8 Å². The molecule has 0 saturated carbocycles. The predicted octanol–water partition coefficient (Wildman–Crippen LogP) is 0.419. The van der Waals surface area contributed by atoms with Gasteiger partial charge in [-0.25, -0.2) is 12.8 Å². The summed E-state index contributed by atoms with van der Waals surface area (Å²) in [5.74, 6) is -1.27. The molecule has 8 nitrogen and oxygen atoms in total. The van der Waals surface area contributed by atoms with Gasteiger partial charge in [-0.05, 0) is 20.0 Å². The Morgan fingerprint density at radius 1 is 1.42 bits per heavy atom. The highest BCUT2D eigenvalue weighted by Gasteiger charge is 2.60. The van der Waals surface area contributed by atoms with E-state index in [1.807, 2.05) is 0 Å². The van der Waals surface area contributed by atoms with E-state index in [1.54, 1.807) is 11.9 Å². The zero-order valence-corrected chi connectivity index (χ0v) is 14.0. The summed E-state index contributed by atoms with van der Waals surface area (Å²) < 4.78 is 38.7. The van der Waals surface area contributed by atoms with Gasteiger partial charge < -0.3 is 10.6 Å². The largest absolute Gasteiger partial charge is 0.386 e. The number of non-ortho nitro benzene ring substituents is 1. The number of nitro groups is 1. The molecule has 130 valence electrons. The molecule has 0 radical (unpaired) electrons. The van der Waals surface area contributed by atoms with Crippen molar-refractivity contribution in [3.8, 4) is 0 Å². The van der Waals surface area contributed by atoms with Crippen molar-refractivity contribution in [2.24, 2.45) is 10.7 Å². The van der Waals surface area contributed by atoms with Crippen LogP contribution in [0.2, 0.25) is 0 Å². The standard InChI is InChI=1S/C14H17FN4O4S/c1-13(10-5-9(19(20)21)3-4-11(10)15)8-24(22,23)14(12(16)17-13)6-18(2)7-14/h3-5H,6-8H2,1-2H3,(H2,16,17)/t13-/m0/s1. The fraction of sp³-hybridized carbons (Fsp3) is 0.500. The first-order valence-electron chi connectivity index (χ1n) is 7.22. The fourth-order valence-corrected chi connectivity index (χ4v) is 5.86. The quantitative estimate of drug-likeness (QED) is 0.606. The van der Waals surface area contributed by atoms with Crippen LogP contribution in [0.1, 0.15) is 12.5 Å². The maximum Gasteiger partial charge on any atom is 0.270 e. The second kappa shape index (κ2) is 4.96. The first-order chi connectivity index (χ1) is 11.0. The van der Waals surface area contributed by atoms with Crippen LogP contribution in [0, 0.1) is 15.9 Å². The molecule has 0 amide bonds. The molecule has 2 aliphatic rings. The smallest absolute Gasteiger partial charge is 0.270 e. The van der Waals surface area contributed by atoms with E-state index < -0.39 is 36.6 Å². The van der Waals surface area contributed by atoms with Crippen molar-refractivity contribution < 1.29 is 17.7 Å². The van der Waals surface area contributed by atoms with Crippen LogP contribution in [-0.2, 0) is 15.4 Å². The average molecular weight is 356 g/mol. The maximum atomic E-state index is 14.3. The number of sulfone groups is 1. The van der Waals surface area contributed by atoms with Crippen molar-refractivity contribution in [3.63, 3.8) is 0 Å². The molecule has 1 spiro atoms. The van der Waals surface area contributed by atoms with Gasteiger partial charge in [-0.1, -0.05) is 0 Å². The Kier molecular flexibility index (Phi) is 3.47. The van der Waals surface area contributed by atoms with E-state index in [-0.39, 0.29) is 30.2 Å². The van der Waals surface area contributed by atoms with Gasteiger partial charge in [-0.3, -0.25) is 15.1 Å². The Labute approximate surface area is 138 Å². The van der Waals surface area contributed by atoms with Crippen molar-refractivity contribution in [1.29, 1.82) is 0 Å². The summed E-state index contributed by atoms with van der Waals surface area (Å²) in [6.45, 7) is 1.89. The molecule has 0 aromatic heterocycles. The highest BCUT2D eigenvalue weighted by atomic mass is 32.2. The van der Waals surface area contributed by atoms with E-state index >= 15 is 0 Å². The number of nitro benzene ring substituents is 1. The van der Waals surface area contributed by atoms with Crippen LogP contribution in [0.25, 0.3) is 0 Å². The molecular formula is C14H17FN4O4S. The minimum absolute atomic E-state index is 0.0692. The lowest BCUT2D eigenvalue weighted by Crippen LogP contribution is -2.73. The number of hydrogen-bond acceptors (Lipinski definition) is 7. The van der Waals surface area contributed by atoms with Crippen LogP contribution in [0.15, 0.2) is 23.2 Å². The molecule has 1 aromatic rings. The van der Waals surface area contributed by atoms with Crippen molar-refractivity contribution in [2.45, 2.75) is 17.2 Å². The number of rotatable bonds is 2. The Morgan fingerprint density at radius 2 is 2.04 bits per heavy atom. The summed E-state index contributed by atoms with van der Waals surface area (Å²) in [7, 11) is -1.94. The molecule has 10 heteroatoms. The molecule has 2 N–H and O–H groups in total. The molecule has 1 saturated heterocycles. The number of hydrogen-bond donors (Lipinski definition) is 1. The van der Waals surface area contributed by atoms with Crippen LogP contribution in [0.5, 0.6) is 0 Å². The first-order valence-corrected chi connectivity index (χ1v) is 8.87. The van der Waals surface area contributed by atoms with Crippen molar-refractivity contribution in [3.05, 3.63) is 39.7 Å². The number of amidine groups is 1. The van der Waals surface area contributed by atoms with Crippen molar-refractivity contribution in [1.82, 2.24) is 4.90 Å². The van der Waals surface area contributed by atoms with Gasteiger partial charge in [-0.15, -0.1) is 0 Å². The van der Waals surface area contributed by atoms with Crippen LogP contribution in [0.4, 0.5) is 10.1 Å². The molecule has 2 aliphatic heterocycles. The number of nitrogens with two attached hydrogens (primary N) is 1. The number of nitrogens with zero attached hydrogens (tertiary/aromatic N) is 3. The summed E-state index contributed by atoms with van der Waals surface area (Å²) in [5.41, 5.74) is 3.98. The lowest BCUT2D eigenvalue weighted by atomic mass is 9.91. The maximum absolute atomic E-state index is 14.3. The lowest BCUT2D eigenvalue weighted by molar-refractivity contribution is -0.385.